The fourth-order valence-corrected chi connectivity index (χ4v) is 2.39. The van der Waals surface area contributed by atoms with Crippen molar-refractivity contribution in [1.82, 2.24) is 5.32 Å². The Morgan fingerprint density at radius 3 is 2.42 bits per heavy atom. The van der Waals surface area contributed by atoms with Crippen LogP contribution in [0.4, 0.5) is 20.2 Å². The van der Waals surface area contributed by atoms with Crippen LogP contribution in [0, 0.1) is 35.6 Å². The van der Waals surface area contributed by atoms with Crippen molar-refractivity contribution >= 4 is 17.3 Å². The molecule has 0 unspecified atom stereocenters. The molecule has 0 radical (unpaired) electrons. The van der Waals surface area contributed by atoms with Crippen LogP contribution in [-0.4, -0.2) is 17.4 Å². The highest BCUT2D eigenvalue weighted by molar-refractivity contribution is 5.94. The average molecular weight is 363 g/mol. The molecule has 2 aromatic carbocycles. The van der Waals surface area contributed by atoms with Gasteiger partial charge in [-0.15, -0.1) is 0 Å². The Morgan fingerprint density at radius 1 is 1.15 bits per heavy atom. The molecule has 2 N–H and O–H groups in total. The van der Waals surface area contributed by atoms with Crippen molar-refractivity contribution in [1.29, 1.82) is 0 Å². The van der Waals surface area contributed by atoms with Crippen molar-refractivity contribution in [2.75, 3.05) is 11.9 Å². The molecule has 1 atom stereocenters. The van der Waals surface area contributed by atoms with Crippen molar-refractivity contribution in [2.45, 2.75) is 26.8 Å². The van der Waals surface area contributed by atoms with Gasteiger partial charge < -0.3 is 10.6 Å². The summed E-state index contributed by atoms with van der Waals surface area (Å²) in [6.45, 7) is 5.08. The molecular formula is C18H19F2N3O3. The minimum absolute atomic E-state index is 0.116. The lowest BCUT2D eigenvalue weighted by molar-refractivity contribution is -0.384. The Morgan fingerprint density at radius 2 is 1.81 bits per heavy atom. The molecule has 0 aliphatic heterocycles. The van der Waals surface area contributed by atoms with Gasteiger partial charge in [0.1, 0.15) is 5.69 Å². The number of hydrogen-bond acceptors (Lipinski definition) is 4. The van der Waals surface area contributed by atoms with E-state index >= 15 is 0 Å². The largest absolute Gasteiger partial charge is 0.319 e. The molecule has 0 aromatic heterocycles. The van der Waals surface area contributed by atoms with E-state index in [4.69, 9.17) is 0 Å². The van der Waals surface area contributed by atoms with Crippen LogP contribution in [0.1, 0.15) is 29.7 Å². The molecule has 8 heteroatoms. The molecule has 0 heterocycles. The zero-order chi connectivity index (χ0) is 19.4. The highest BCUT2D eigenvalue weighted by Gasteiger charge is 2.18. The summed E-state index contributed by atoms with van der Waals surface area (Å²) < 4.78 is 26.2. The van der Waals surface area contributed by atoms with Crippen molar-refractivity contribution < 1.29 is 18.5 Å². The minimum atomic E-state index is -0.966. The first-order chi connectivity index (χ1) is 12.2. The van der Waals surface area contributed by atoms with Crippen LogP contribution in [0.25, 0.3) is 0 Å². The molecule has 0 saturated carbocycles. The molecule has 0 aliphatic carbocycles. The Hall–Kier alpha value is -2.87. The number of nitrogens with one attached hydrogen (secondary N) is 2. The standard InChI is InChI=1S/C18H19F2N3O3/c1-10-6-16(17(23(25)26)7-11(10)2)22-18(24)9-21-12(3)13-4-5-14(19)15(20)8-13/h4-8,12,21H,9H2,1-3H3,(H,22,24)/t12-/m1/s1. The molecule has 2 aromatic rings. The summed E-state index contributed by atoms with van der Waals surface area (Å²) in [4.78, 5) is 22.7. The maximum Gasteiger partial charge on any atom is 0.293 e. The molecule has 0 aliphatic rings. The van der Waals surface area contributed by atoms with E-state index in [0.29, 0.717) is 5.56 Å². The number of anilines is 1. The van der Waals surface area contributed by atoms with Gasteiger partial charge in [-0.1, -0.05) is 6.07 Å². The minimum Gasteiger partial charge on any atom is -0.319 e. The summed E-state index contributed by atoms with van der Waals surface area (Å²) in [5, 5.41) is 16.5. The summed E-state index contributed by atoms with van der Waals surface area (Å²) >= 11 is 0. The van der Waals surface area contributed by atoms with E-state index in [9.17, 15) is 23.7 Å². The highest BCUT2D eigenvalue weighted by Crippen LogP contribution is 2.27. The molecule has 2 rings (SSSR count). The van der Waals surface area contributed by atoms with Gasteiger partial charge in [-0.05, 0) is 55.7 Å². The normalized spacial score (nSPS) is 11.9. The number of amides is 1. The number of nitro groups is 1. The average Bonchev–Trinajstić information content (AvgIpc) is 2.58. The van der Waals surface area contributed by atoms with Crippen LogP contribution in [0.5, 0.6) is 0 Å². The smallest absolute Gasteiger partial charge is 0.293 e. The molecule has 0 saturated heterocycles. The molecule has 1 amide bonds. The number of nitro benzene ring substituents is 1. The predicted molar refractivity (Wildman–Crippen MR) is 94.0 cm³/mol. The van der Waals surface area contributed by atoms with E-state index in [0.717, 1.165) is 23.3 Å². The topological polar surface area (TPSA) is 84.3 Å². The lowest BCUT2D eigenvalue weighted by Crippen LogP contribution is -2.30. The molecule has 0 fully saturated rings. The van der Waals surface area contributed by atoms with Gasteiger partial charge in [-0.25, -0.2) is 8.78 Å². The van der Waals surface area contributed by atoms with Crippen molar-refractivity contribution in [3.05, 3.63) is 68.8 Å². The zero-order valence-corrected chi connectivity index (χ0v) is 14.6. The van der Waals surface area contributed by atoms with Crippen LogP contribution < -0.4 is 10.6 Å². The Labute approximate surface area is 149 Å². The Balaban J connectivity index is 2.04. The fourth-order valence-electron chi connectivity index (χ4n) is 2.39. The predicted octanol–water partition coefficient (Wildman–Crippen LogP) is 3.78. The second-order valence-electron chi connectivity index (χ2n) is 6.04. The van der Waals surface area contributed by atoms with Gasteiger partial charge in [-0.3, -0.25) is 14.9 Å². The number of carbonyl (C=O) groups excluding carboxylic acids is 1. The van der Waals surface area contributed by atoms with Gasteiger partial charge in [-0.2, -0.15) is 0 Å². The van der Waals surface area contributed by atoms with E-state index in [1.54, 1.807) is 26.8 Å². The lowest BCUT2D eigenvalue weighted by Gasteiger charge is -2.15. The summed E-state index contributed by atoms with van der Waals surface area (Å²) in [6.07, 6.45) is 0. The summed E-state index contributed by atoms with van der Waals surface area (Å²) in [5.41, 5.74) is 1.98. The van der Waals surface area contributed by atoms with Gasteiger partial charge >= 0.3 is 0 Å². The maximum absolute atomic E-state index is 13.3. The number of nitrogens with zero attached hydrogens (tertiary/aromatic N) is 1. The zero-order valence-electron chi connectivity index (χ0n) is 14.6. The first-order valence-corrected chi connectivity index (χ1v) is 7.93. The molecule has 138 valence electrons. The van der Waals surface area contributed by atoms with E-state index in [-0.39, 0.29) is 17.9 Å². The molecule has 6 nitrogen and oxygen atoms in total. The van der Waals surface area contributed by atoms with Gasteiger partial charge in [0.25, 0.3) is 5.69 Å². The van der Waals surface area contributed by atoms with Crippen molar-refractivity contribution in [2.24, 2.45) is 0 Å². The number of rotatable bonds is 6. The molecule has 26 heavy (non-hydrogen) atoms. The Kier molecular flexibility index (Phi) is 5.99. The van der Waals surface area contributed by atoms with Gasteiger partial charge in [0.05, 0.1) is 11.5 Å². The van der Waals surface area contributed by atoms with E-state index in [2.05, 4.69) is 10.6 Å². The fraction of sp³-hybridized carbons (Fsp3) is 0.278. The first-order valence-electron chi connectivity index (χ1n) is 7.93. The third-order valence-corrected chi connectivity index (χ3v) is 4.10. The van der Waals surface area contributed by atoms with E-state index in [1.807, 2.05) is 0 Å². The molecule has 0 spiro atoms. The summed E-state index contributed by atoms with van der Waals surface area (Å²) in [5.74, 6) is -2.39. The van der Waals surface area contributed by atoms with Crippen molar-refractivity contribution in [3.63, 3.8) is 0 Å². The number of benzene rings is 2. The highest BCUT2D eigenvalue weighted by atomic mass is 19.2. The van der Waals surface area contributed by atoms with Crippen LogP contribution in [0.2, 0.25) is 0 Å². The van der Waals surface area contributed by atoms with E-state index < -0.39 is 28.5 Å². The number of halogens is 2. The van der Waals surface area contributed by atoms with Crippen LogP contribution in [0.15, 0.2) is 30.3 Å². The third-order valence-electron chi connectivity index (χ3n) is 4.10. The molecule has 0 bridgehead atoms. The second kappa shape index (κ2) is 8.01. The monoisotopic (exact) mass is 363 g/mol. The van der Waals surface area contributed by atoms with Crippen LogP contribution in [0.3, 0.4) is 0 Å². The van der Waals surface area contributed by atoms with Gasteiger partial charge in [0, 0.05) is 12.1 Å². The summed E-state index contributed by atoms with van der Waals surface area (Å²) in [6, 6.07) is 6.03. The second-order valence-corrected chi connectivity index (χ2v) is 6.04. The van der Waals surface area contributed by atoms with Crippen LogP contribution >= 0.6 is 0 Å². The number of hydrogen-bond donors (Lipinski definition) is 2. The van der Waals surface area contributed by atoms with Gasteiger partial charge in [0.2, 0.25) is 5.91 Å². The van der Waals surface area contributed by atoms with Crippen molar-refractivity contribution in [3.8, 4) is 0 Å². The third kappa shape index (κ3) is 4.60. The maximum atomic E-state index is 13.3. The van der Waals surface area contributed by atoms with E-state index in [1.165, 1.54) is 12.1 Å². The lowest BCUT2D eigenvalue weighted by atomic mass is 10.1. The SMILES string of the molecule is Cc1cc(NC(=O)CN[C@H](C)c2ccc(F)c(F)c2)c([N+](=O)[O-])cc1C. The van der Waals surface area contributed by atoms with Crippen LogP contribution in [-0.2, 0) is 4.79 Å². The van der Waals surface area contributed by atoms with Gasteiger partial charge in [0.15, 0.2) is 11.6 Å². The first kappa shape index (κ1) is 19.5. The Bertz CT molecular complexity index is 856. The quantitative estimate of drug-likeness (QED) is 0.604. The number of aryl methyl sites for hydroxylation is 2. The summed E-state index contributed by atoms with van der Waals surface area (Å²) in [7, 11) is 0. The number of carbonyl (C=O) groups is 1. The molecular weight excluding hydrogens is 344 g/mol.